The number of benzene rings is 3. The molecule has 156 valence electrons. The highest BCUT2D eigenvalue weighted by Crippen LogP contribution is 2.35. The number of hydrogen-bond donors (Lipinski definition) is 0. The van der Waals surface area contributed by atoms with Gasteiger partial charge in [-0.15, -0.1) is 0 Å². The van der Waals surface area contributed by atoms with E-state index in [4.69, 9.17) is 23.4 Å². The molecule has 3 aromatic carbocycles. The molecule has 0 aromatic heterocycles. The minimum Gasteiger partial charge on any atom is -0.523 e. The Morgan fingerprint density at radius 3 is 1.84 bits per heavy atom. The van der Waals surface area contributed by atoms with Crippen LogP contribution in [0.25, 0.3) is 0 Å². The third-order valence-electron chi connectivity index (χ3n) is 5.40. The van der Waals surface area contributed by atoms with Gasteiger partial charge in [-0.05, 0) is 54.9 Å². The monoisotopic (exact) mass is 415 g/mol. The van der Waals surface area contributed by atoms with E-state index in [-0.39, 0.29) is 7.12 Å². The summed E-state index contributed by atoms with van der Waals surface area (Å²) in [6.45, 7) is 1.46. The molecule has 6 nitrogen and oxygen atoms in total. The zero-order valence-electron chi connectivity index (χ0n) is 17.4. The van der Waals surface area contributed by atoms with Crippen molar-refractivity contribution in [2.45, 2.75) is 19.3 Å². The Bertz CT molecular complexity index is 982. The number of hydrogen-bond acceptors (Lipinski definition) is 6. The molecule has 3 aromatic rings. The van der Waals surface area contributed by atoms with Gasteiger partial charge in [-0.2, -0.15) is 0 Å². The molecule has 2 aliphatic rings. The molecule has 0 fully saturated rings. The normalized spacial score (nSPS) is 13.7. The first-order chi connectivity index (χ1) is 15.3. The largest absolute Gasteiger partial charge is 0.701 e. The van der Waals surface area contributed by atoms with Crippen molar-refractivity contribution in [3.8, 4) is 28.7 Å². The number of rotatable bonds is 8. The van der Waals surface area contributed by atoms with Gasteiger partial charge in [0.1, 0.15) is 28.7 Å². The molecule has 0 aliphatic carbocycles. The van der Waals surface area contributed by atoms with Crippen LogP contribution in [0.1, 0.15) is 12.0 Å². The van der Waals surface area contributed by atoms with Crippen LogP contribution in [0.5, 0.6) is 28.7 Å². The Kier molecular flexibility index (Phi) is 5.63. The second-order valence-corrected chi connectivity index (χ2v) is 7.56. The van der Waals surface area contributed by atoms with E-state index >= 15 is 0 Å². The second kappa shape index (κ2) is 8.86. The van der Waals surface area contributed by atoms with Crippen LogP contribution in [0.4, 0.5) is 0 Å². The third kappa shape index (κ3) is 4.44. The van der Waals surface area contributed by atoms with Gasteiger partial charge in [-0.3, -0.25) is 4.81 Å². The highest BCUT2D eigenvalue weighted by Gasteiger charge is 2.39. The van der Waals surface area contributed by atoms with Gasteiger partial charge < -0.3 is 23.4 Å². The van der Waals surface area contributed by atoms with Crippen LogP contribution in [-0.2, 0) is 6.54 Å². The first-order valence-electron chi connectivity index (χ1n) is 10.5. The molecule has 0 saturated carbocycles. The summed E-state index contributed by atoms with van der Waals surface area (Å²) in [5.74, 6) is 3.99. The van der Waals surface area contributed by atoms with E-state index in [2.05, 4.69) is 16.9 Å². The van der Waals surface area contributed by atoms with Crippen molar-refractivity contribution in [1.29, 1.82) is 0 Å². The Balaban J connectivity index is 1.23. The molecule has 8 heteroatoms. The first kappa shape index (κ1) is 19.7. The van der Waals surface area contributed by atoms with E-state index in [1.165, 1.54) is 0 Å². The lowest BCUT2D eigenvalue weighted by Crippen LogP contribution is -2.46. The van der Waals surface area contributed by atoms with Crippen molar-refractivity contribution in [3.63, 3.8) is 0 Å². The van der Waals surface area contributed by atoms with Crippen molar-refractivity contribution in [1.82, 2.24) is 4.81 Å². The van der Waals surface area contributed by atoms with Gasteiger partial charge in [0.05, 0.1) is 7.11 Å². The summed E-state index contributed by atoms with van der Waals surface area (Å²) in [5, 5.41) is 0. The SMILES string of the molecule is COc1ccc(CN(CCCB2Oc3ccccc3O2)B2Oc3ccccc3O2)cc1. The Morgan fingerprint density at radius 1 is 0.742 bits per heavy atom. The van der Waals surface area contributed by atoms with Crippen molar-refractivity contribution in [3.05, 3.63) is 78.4 Å². The van der Waals surface area contributed by atoms with Crippen LogP contribution in [0.15, 0.2) is 72.8 Å². The van der Waals surface area contributed by atoms with E-state index in [1.54, 1.807) is 7.11 Å². The van der Waals surface area contributed by atoms with Crippen LogP contribution in [0, 0.1) is 0 Å². The molecule has 5 rings (SSSR count). The molecule has 0 atom stereocenters. The first-order valence-corrected chi connectivity index (χ1v) is 10.5. The quantitative estimate of drug-likeness (QED) is 0.512. The van der Waals surface area contributed by atoms with Crippen LogP contribution < -0.4 is 23.4 Å². The zero-order chi connectivity index (χ0) is 21.0. The lowest BCUT2D eigenvalue weighted by atomic mass is 9.83. The summed E-state index contributed by atoms with van der Waals surface area (Å²) in [6.07, 6.45) is 1.64. The molecule has 31 heavy (non-hydrogen) atoms. The van der Waals surface area contributed by atoms with E-state index in [1.807, 2.05) is 60.7 Å². The Labute approximate surface area is 182 Å². The number of ether oxygens (including phenoxy) is 1. The average Bonchev–Trinajstić information content (AvgIpc) is 3.42. The number of fused-ring (bicyclic) bond motifs is 2. The summed E-state index contributed by atoms with van der Waals surface area (Å²) in [5.41, 5.74) is 1.16. The standard InChI is InChI=1S/C23H23B2NO5/c1-27-19-13-11-18(12-14-19)17-26(25-30-22-9-4-5-10-23(22)31-25)16-6-15-24-28-20-7-2-3-8-21(20)29-24/h2-5,7-14H,6,15-17H2,1H3. The summed E-state index contributed by atoms with van der Waals surface area (Å²) in [4.78, 5) is 2.18. The number of nitrogens with zero attached hydrogens (tertiary/aromatic N) is 1. The van der Waals surface area contributed by atoms with Gasteiger partial charge in [-0.25, -0.2) is 0 Å². The van der Waals surface area contributed by atoms with Gasteiger partial charge in [-0.1, -0.05) is 36.4 Å². The third-order valence-corrected chi connectivity index (χ3v) is 5.40. The minimum absolute atomic E-state index is 0.261. The highest BCUT2D eigenvalue weighted by molar-refractivity contribution is 6.47. The molecule has 0 spiro atoms. The maximum absolute atomic E-state index is 6.08. The fourth-order valence-corrected chi connectivity index (χ4v) is 3.79. The smallest absolute Gasteiger partial charge is 0.523 e. The van der Waals surface area contributed by atoms with Crippen LogP contribution in [0.3, 0.4) is 0 Å². The van der Waals surface area contributed by atoms with E-state index in [9.17, 15) is 0 Å². The van der Waals surface area contributed by atoms with Crippen molar-refractivity contribution in [2.24, 2.45) is 0 Å². The summed E-state index contributed by atoms with van der Waals surface area (Å²) in [6, 6.07) is 23.6. The van der Waals surface area contributed by atoms with E-state index in [0.29, 0.717) is 6.54 Å². The van der Waals surface area contributed by atoms with Crippen molar-refractivity contribution in [2.75, 3.05) is 13.7 Å². The Hall–Kier alpha value is -3.25. The average molecular weight is 415 g/mol. The molecule has 0 saturated heterocycles. The Morgan fingerprint density at radius 2 is 1.29 bits per heavy atom. The fraction of sp³-hybridized carbons (Fsp3) is 0.217. The van der Waals surface area contributed by atoms with Crippen LogP contribution in [0.2, 0.25) is 6.32 Å². The highest BCUT2D eigenvalue weighted by atomic mass is 16.6. The summed E-state index contributed by atoms with van der Waals surface area (Å²) in [7, 11) is 0.939. The second-order valence-electron chi connectivity index (χ2n) is 7.56. The van der Waals surface area contributed by atoms with Gasteiger partial charge in [0.25, 0.3) is 0 Å². The number of para-hydroxylation sites is 4. The van der Waals surface area contributed by atoms with E-state index < -0.39 is 7.25 Å². The summed E-state index contributed by atoms with van der Waals surface area (Å²) >= 11 is 0. The molecule has 0 radical (unpaired) electrons. The van der Waals surface area contributed by atoms with Crippen molar-refractivity contribution < 1.29 is 23.4 Å². The zero-order valence-corrected chi connectivity index (χ0v) is 17.4. The minimum atomic E-state index is -0.470. The summed E-state index contributed by atoms with van der Waals surface area (Å²) < 4.78 is 29.2. The van der Waals surface area contributed by atoms with Crippen LogP contribution in [-0.4, -0.2) is 32.8 Å². The fourth-order valence-electron chi connectivity index (χ4n) is 3.79. The maximum atomic E-state index is 6.08. The maximum Gasteiger partial charge on any atom is 0.701 e. The van der Waals surface area contributed by atoms with Crippen molar-refractivity contribution >= 4 is 14.4 Å². The van der Waals surface area contributed by atoms with Gasteiger partial charge in [0, 0.05) is 12.9 Å². The predicted octanol–water partition coefficient (Wildman–Crippen LogP) is 4.30. The number of methoxy groups -OCH3 is 1. The van der Waals surface area contributed by atoms with E-state index in [0.717, 1.165) is 53.6 Å². The molecule has 0 bridgehead atoms. The predicted molar refractivity (Wildman–Crippen MR) is 120 cm³/mol. The topological polar surface area (TPSA) is 49.4 Å². The molecular formula is C23H23B2NO5. The lowest BCUT2D eigenvalue weighted by Gasteiger charge is -2.23. The molecule has 0 unspecified atom stereocenters. The lowest BCUT2D eigenvalue weighted by molar-refractivity contribution is 0.309. The molecule has 2 aliphatic heterocycles. The molecule has 2 heterocycles. The molecule has 0 N–H and O–H groups in total. The van der Waals surface area contributed by atoms with Crippen LogP contribution >= 0.6 is 0 Å². The van der Waals surface area contributed by atoms with Gasteiger partial charge >= 0.3 is 14.4 Å². The molecule has 0 amide bonds. The molecular weight excluding hydrogens is 392 g/mol. The van der Waals surface area contributed by atoms with Gasteiger partial charge in [0.15, 0.2) is 0 Å². The van der Waals surface area contributed by atoms with Gasteiger partial charge in [0.2, 0.25) is 0 Å².